The van der Waals surface area contributed by atoms with E-state index in [4.69, 9.17) is 9.92 Å². The molecule has 0 bridgehead atoms. The van der Waals surface area contributed by atoms with Crippen molar-refractivity contribution in [3.8, 4) is 5.75 Å². The van der Waals surface area contributed by atoms with Crippen LogP contribution in [-0.4, -0.2) is 19.1 Å². The van der Waals surface area contributed by atoms with E-state index in [0.717, 1.165) is 16.3 Å². The minimum absolute atomic E-state index is 0.0477. The quantitative estimate of drug-likeness (QED) is 0.673. The van der Waals surface area contributed by atoms with E-state index in [1.165, 1.54) is 12.0 Å². The van der Waals surface area contributed by atoms with Crippen molar-refractivity contribution in [3.63, 3.8) is 0 Å². The highest BCUT2D eigenvalue weighted by molar-refractivity contribution is 7.95. The number of carbonyl (C=O) groups excluding carboxylic acids is 1. The van der Waals surface area contributed by atoms with E-state index < -0.39 is 0 Å². The molecule has 0 aromatic heterocycles. The molecule has 0 unspecified atom stereocenters. The molecule has 0 spiro atoms. The molecule has 0 saturated carbocycles. The van der Waals surface area contributed by atoms with Crippen molar-refractivity contribution >= 4 is 29.4 Å². The van der Waals surface area contributed by atoms with Gasteiger partial charge in [0.1, 0.15) is 5.75 Å². The SMILES string of the molecule is Nc1ccc(OSc2ccc(N3CCNC3=O)cc2)cc1. The summed E-state index contributed by atoms with van der Waals surface area (Å²) in [4.78, 5) is 14.3. The number of rotatable bonds is 4. The summed E-state index contributed by atoms with van der Waals surface area (Å²) < 4.78 is 5.60. The van der Waals surface area contributed by atoms with Gasteiger partial charge in [-0.25, -0.2) is 4.79 Å². The van der Waals surface area contributed by atoms with Crippen LogP contribution in [0.2, 0.25) is 0 Å². The summed E-state index contributed by atoms with van der Waals surface area (Å²) in [5.74, 6) is 0.747. The first-order valence-corrected chi connectivity index (χ1v) is 7.32. The Bertz CT molecular complexity index is 628. The fraction of sp³-hybridized carbons (Fsp3) is 0.133. The van der Waals surface area contributed by atoms with Gasteiger partial charge < -0.3 is 15.2 Å². The number of carbonyl (C=O) groups is 1. The Balaban J connectivity index is 1.62. The fourth-order valence-electron chi connectivity index (χ4n) is 2.02. The number of nitrogens with two attached hydrogens (primary N) is 1. The largest absolute Gasteiger partial charge is 0.421 e. The van der Waals surface area contributed by atoms with Crippen LogP contribution in [0.15, 0.2) is 53.4 Å². The minimum Gasteiger partial charge on any atom is -0.421 e. The van der Waals surface area contributed by atoms with Crippen molar-refractivity contribution in [2.24, 2.45) is 0 Å². The van der Waals surface area contributed by atoms with Crippen LogP contribution in [0, 0.1) is 0 Å². The van der Waals surface area contributed by atoms with Gasteiger partial charge in [0.2, 0.25) is 0 Å². The number of nitrogen functional groups attached to an aromatic ring is 1. The second-order valence-corrected chi connectivity index (χ2v) is 5.42. The number of hydrogen-bond acceptors (Lipinski definition) is 4. The topological polar surface area (TPSA) is 67.6 Å². The van der Waals surface area contributed by atoms with Crippen LogP contribution in [0.5, 0.6) is 5.75 Å². The van der Waals surface area contributed by atoms with E-state index in [1.807, 2.05) is 36.4 Å². The van der Waals surface area contributed by atoms with Gasteiger partial charge in [-0.3, -0.25) is 4.90 Å². The van der Waals surface area contributed by atoms with E-state index in [1.54, 1.807) is 17.0 Å². The lowest BCUT2D eigenvalue weighted by Crippen LogP contribution is -2.27. The molecule has 3 N–H and O–H groups in total. The summed E-state index contributed by atoms with van der Waals surface area (Å²) in [6.45, 7) is 1.39. The zero-order chi connectivity index (χ0) is 14.7. The Kier molecular flexibility index (Phi) is 3.87. The van der Waals surface area contributed by atoms with Crippen LogP contribution in [-0.2, 0) is 0 Å². The average Bonchev–Trinajstić information content (AvgIpc) is 2.93. The third-order valence-corrected chi connectivity index (χ3v) is 3.86. The van der Waals surface area contributed by atoms with Crippen LogP contribution in [0.25, 0.3) is 0 Å². The fourth-order valence-corrected chi connectivity index (χ4v) is 2.57. The number of hydrogen-bond donors (Lipinski definition) is 2. The van der Waals surface area contributed by atoms with Crippen molar-refractivity contribution in [3.05, 3.63) is 48.5 Å². The van der Waals surface area contributed by atoms with E-state index >= 15 is 0 Å². The van der Waals surface area contributed by atoms with E-state index in [9.17, 15) is 4.79 Å². The Morgan fingerprint density at radius 3 is 2.43 bits per heavy atom. The molecule has 5 nitrogen and oxygen atoms in total. The van der Waals surface area contributed by atoms with E-state index in [-0.39, 0.29) is 6.03 Å². The maximum absolute atomic E-state index is 11.6. The van der Waals surface area contributed by atoms with Crippen molar-refractivity contribution in [1.82, 2.24) is 5.32 Å². The third-order valence-electron chi connectivity index (χ3n) is 3.12. The van der Waals surface area contributed by atoms with Gasteiger partial charge in [0.15, 0.2) is 0 Å². The summed E-state index contributed by atoms with van der Waals surface area (Å²) in [5.41, 5.74) is 7.22. The molecule has 1 aliphatic rings. The number of anilines is 2. The van der Waals surface area contributed by atoms with Gasteiger partial charge in [0.25, 0.3) is 0 Å². The Labute approximate surface area is 127 Å². The molecule has 108 valence electrons. The molecule has 2 aromatic carbocycles. The Morgan fingerprint density at radius 1 is 1.10 bits per heavy atom. The molecule has 1 heterocycles. The highest BCUT2D eigenvalue weighted by Crippen LogP contribution is 2.26. The number of nitrogens with one attached hydrogen (secondary N) is 1. The first-order valence-electron chi connectivity index (χ1n) is 6.58. The normalized spacial score (nSPS) is 14.1. The predicted octanol–water partition coefficient (Wildman–Crippen LogP) is 2.88. The molecule has 1 aliphatic heterocycles. The first kappa shape index (κ1) is 13.6. The van der Waals surface area contributed by atoms with Crippen molar-refractivity contribution in [2.45, 2.75) is 4.90 Å². The summed E-state index contributed by atoms with van der Waals surface area (Å²) in [6.07, 6.45) is 0. The molecule has 2 aromatic rings. The highest BCUT2D eigenvalue weighted by Gasteiger charge is 2.20. The molecule has 1 fully saturated rings. The summed E-state index contributed by atoms with van der Waals surface area (Å²) in [5, 5.41) is 2.78. The number of amides is 2. The van der Waals surface area contributed by atoms with Gasteiger partial charge in [0, 0.05) is 29.4 Å². The van der Waals surface area contributed by atoms with Crippen molar-refractivity contribution < 1.29 is 8.98 Å². The Morgan fingerprint density at radius 2 is 1.81 bits per heavy atom. The molecule has 0 atom stereocenters. The smallest absolute Gasteiger partial charge is 0.321 e. The zero-order valence-corrected chi connectivity index (χ0v) is 12.1. The molecular weight excluding hydrogens is 286 g/mol. The summed E-state index contributed by atoms with van der Waals surface area (Å²) in [6, 6.07) is 14.9. The van der Waals surface area contributed by atoms with E-state index in [0.29, 0.717) is 18.8 Å². The van der Waals surface area contributed by atoms with Crippen LogP contribution < -0.4 is 20.1 Å². The van der Waals surface area contributed by atoms with Crippen LogP contribution in [0.4, 0.5) is 16.2 Å². The zero-order valence-electron chi connectivity index (χ0n) is 11.3. The average molecular weight is 301 g/mol. The second-order valence-electron chi connectivity index (χ2n) is 4.61. The standard InChI is InChI=1S/C15H15N3O2S/c16-11-1-5-13(6-2-11)20-21-14-7-3-12(4-8-14)18-10-9-17-15(18)19/h1-8H,9-10,16H2,(H,17,19). The van der Waals surface area contributed by atoms with Gasteiger partial charge in [0.05, 0.1) is 12.0 Å². The first-order chi connectivity index (χ1) is 10.2. The highest BCUT2D eigenvalue weighted by atomic mass is 32.2. The second kappa shape index (κ2) is 5.97. The monoisotopic (exact) mass is 301 g/mol. The van der Waals surface area contributed by atoms with Crippen LogP contribution >= 0.6 is 12.0 Å². The lowest BCUT2D eigenvalue weighted by atomic mass is 10.3. The van der Waals surface area contributed by atoms with E-state index in [2.05, 4.69) is 5.32 Å². The van der Waals surface area contributed by atoms with Gasteiger partial charge in [-0.15, -0.1) is 0 Å². The maximum atomic E-state index is 11.6. The molecule has 3 rings (SSSR count). The third kappa shape index (κ3) is 3.22. The van der Waals surface area contributed by atoms with Gasteiger partial charge in [-0.05, 0) is 48.5 Å². The van der Waals surface area contributed by atoms with Crippen molar-refractivity contribution in [1.29, 1.82) is 0 Å². The lowest BCUT2D eigenvalue weighted by molar-refractivity contribution is 0.252. The molecule has 6 heteroatoms. The van der Waals surface area contributed by atoms with Gasteiger partial charge in [-0.2, -0.15) is 0 Å². The van der Waals surface area contributed by atoms with Crippen molar-refractivity contribution in [2.75, 3.05) is 23.7 Å². The number of nitrogens with zero attached hydrogens (tertiary/aromatic N) is 1. The van der Waals surface area contributed by atoms with Crippen LogP contribution in [0.3, 0.4) is 0 Å². The molecule has 21 heavy (non-hydrogen) atoms. The van der Waals surface area contributed by atoms with Gasteiger partial charge >= 0.3 is 6.03 Å². The number of urea groups is 1. The molecule has 2 amide bonds. The minimum atomic E-state index is -0.0477. The Hall–Kier alpha value is -2.34. The maximum Gasteiger partial charge on any atom is 0.321 e. The summed E-state index contributed by atoms with van der Waals surface area (Å²) in [7, 11) is 0. The predicted molar refractivity (Wildman–Crippen MR) is 84.5 cm³/mol. The summed E-state index contributed by atoms with van der Waals surface area (Å²) >= 11 is 1.27. The molecule has 1 saturated heterocycles. The molecular formula is C15H15N3O2S. The molecule has 0 radical (unpaired) electrons. The lowest BCUT2D eigenvalue weighted by Gasteiger charge is -2.14. The number of benzene rings is 2. The van der Waals surface area contributed by atoms with Crippen LogP contribution in [0.1, 0.15) is 0 Å². The van der Waals surface area contributed by atoms with Gasteiger partial charge in [-0.1, -0.05) is 0 Å². The molecule has 0 aliphatic carbocycles.